The Morgan fingerprint density at radius 1 is 1.15 bits per heavy atom. The lowest BCUT2D eigenvalue weighted by molar-refractivity contribution is 0.0954. The highest BCUT2D eigenvalue weighted by molar-refractivity contribution is 7.19. The number of nitrogens with one attached hydrogen (secondary N) is 1. The van der Waals surface area contributed by atoms with Gasteiger partial charge in [0.05, 0.1) is 13.7 Å². The van der Waals surface area contributed by atoms with Crippen molar-refractivity contribution in [2.24, 2.45) is 0 Å². The number of fused-ring (bicyclic) bond motifs is 1. The number of thiazole rings is 1. The van der Waals surface area contributed by atoms with E-state index in [1.165, 1.54) is 23.8 Å². The summed E-state index contributed by atoms with van der Waals surface area (Å²) in [6, 6.07) is 6.59. The number of amides is 1. The minimum atomic E-state index is -1.07. The van der Waals surface area contributed by atoms with Crippen LogP contribution in [0.15, 0.2) is 52.3 Å². The van der Waals surface area contributed by atoms with Gasteiger partial charge in [-0.1, -0.05) is 6.07 Å². The molecule has 1 amide bonds. The van der Waals surface area contributed by atoms with Crippen molar-refractivity contribution in [3.8, 4) is 5.88 Å². The molecule has 11 heteroatoms. The van der Waals surface area contributed by atoms with E-state index >= 15 is 0 Å². The van der Waals surface area contributed by atoms with Crippen LogP contribution in [0.1, 0.15) is 26.4 Å². The summed E-state index contributed by atoms with van der Waals surface area (Å²) in [7, 11) is 1.49. The number of pyridine rings is 1. The molecule has 0 radical (unpaired) electrons. The van der Waals surface area contributed by atoms with E-state index in [1.807, 2.05) is 0 Å². The van der Waals surface area contributed by atoms with Crippen LogP contribution in [0.25, 0.3) is 4.83 Å². The fraction of sp³-hybridized carbons (Fsp3) is 0.182. The molecule has 0 saturated heterocycles. The Balaban J connectivity index is 1.64. The number of rotatable bonds is 6. The topological polar surface area (TPSA) is 94.7 Å². The van der Waals surface area contributed by atoms with Crippen molar-refractivity contribution >= 4 is 22.1 Å². The predicted molar refractivity (Wildman–Crippen MR) is 118 cm³/mol. The normalized spacial score (nSPS) is 11.0. The van der Waals surface area contributed by atoms with E-state index in [0.29, 0.717) is 10.7 Å². The fourth-order valence-electron chi connectivity index (χ4n) is 3.27. The molecule has 3 aromatic heterocycles. The highest BCUT2D eigenvalue weighted by atomic mass is 32.1. The first kappa shape index (κ1) is 22.3. The molecule has 1 aromatic carbocycles. The van der Waals surface area contributed by atoms with Gasteiger partial charge in [-0.05, 0) is 36.2 Å². The number of halogens is 2. The molecule has 4 rings (SSSR count). The van der Waals surface area contributed by atoms with Crippen molar-refractivity contribution in [1.82, 2.24) is 19.3 Å². The Hall–Kier alpha value is -3.86. The van der Waals surface area contributed by atoms with Crippen molar-refractivity contribution in [1.29, 1.82) is 0 Å². The summed E-state index contributed by atoms with van der Waals surface area (Å²) >= 11 is 1.01. The number of aryl methyl sites for hydroxylation is 1. The van der Waals surface area contributed by atoms with Crippen LogP contribution in [0.3, 0.4) is 0 Å². The molecule has 0 saturated carbocycles. The third-order valence-corrected chi connectivity index (χ3v) is 6.21. The van der Waals surface area contributed by atoms with Gasteiger partial charge in [-0.3, -0.25) is 18.6 Å². The Morgan fingerprint density at radius 2 is 1.94 bits per heavy atom. The molecule has 0 aliphatic heterocycles. The molecule has 0 atom stereocenters. The number of carbonyl (C=O) groups is 1. The molecule has 0 spiro atoms. The standard InChI is InChI=1S/C22H18F2N4O4S/c1-12-20(30)27(10-14-3-4-15(23)16(24)7-14)22(31)28-11-17(33-21(12)28)19(29)26-9-13-5-6-25-18(8-13)32-2/h3-8,11H,9-10H2,1-2H3,(H,26,29). The van der Waals surface area contributed by atoms with Gasteiger partial charge < -0.3 is 10.1 Å². The van der Waals surface area contributed by atoms with Crippen molar-refractivity contribution in [3.05, 3.63) is 96.8 Å². The van der Waals surface area contributed by atoms with Crippen LogP contribution in [0.2, 0.25) is 0 Å². The van der Waals surface area contributed by atoms with Gasteiger partial charge in [0.25, 0.3) is 11.5 Å². The third kappa shape index (κ3) is 4.40. The average molecular weight is 472 g/mol. The number of nitrogens with zero attached hydrogens (tertiary/aromatic N) is 3. The Kier molecular flexibility index (Phi) is 6.05. The molecule has 3 heterocycles. The lowest BCUT2D eigenvalue weighted by atomic mass is 10.2. The van der Waals surface area contributed by atoms with Gasteiger partial charge in [-0.2, -0.15) is 0 Å². The summed E-state index contributed by atoms with van der Waals surface area (Å²) < 4.78 is 33.9. The smallest absolute Gasteiger partial charge is 0.336 e. The van der Waals surface area contributed by atoms with Crippen LogP contribution in [0.4, 0.5) is 8.78 Å². The quantitative estimate of drug-likeness (QED) is 0.465. The average Bonchev–Trinajstić information content (AvgIpc) is 3.27. The predicted octanol–water partition coefficient (Wildman–Crippen LogP) is 2.49. The van der Waals surface area contributed by atoms with Crippen LogP contribution >= 0.6 is 11.3 Å². The molecule has 4 aromatic rings. The minimum absolute atomic E-state index is 0.211. The summed E-state index contributed by atoms with van der Waals surface area (Å²) in [6.07, 6.45) is 2.92. The molecule has 0 unspecified atom stereocenters. The first-order valence-corrected chi connectivity index (χ1v) is 10.6. The number of ether oxygens (including phenoxy) is 1. The Labute approximate surface area is 189 Å². The highest BCUT2D eigenvalue weighted by Gasteiger charge is 2.18. The van der Waals surface area contributed by atoms with Gasteiger partial charge in [-0.25, -0.2) is 18.6 Å². The summed E-state index contributed by atoms with van der Waals surface area (Å²) in [5.41, 5.74) is 0.0475. The van der Waals surface area contributed by atoms with E-state index < -0.39 is 28.8 Å². The van der Waals surface area contributed by atoms with Crippen molar-refractivity contribution in [3.63, 3.8) is 0 Å². The molecule has 0 bridgehead atoms. The zero-order chi connectivity index (χ0) is 23.7. The second-order valence-electron chi connectivity index (χ2n) is 7.21. The van der Waals surface area contributed by atoms with Gasteiger partial charge in [0.2, 0.25) is 5.88 Å². The fourth-order valence-corrected chi connectivity index (χ4v) is 4.27. The number of carbonyl (C=O) groups excluding carboxylic acids is 1. The van der Waals surface area contributed by atoms with Gasteiger partial charge >= 0.3 is 5.69 Å². The van der Waals surface area contributed by atoms with Gasteiger partial charge in [-0.15, -0.1) is 11.3 Å². The van der Waals surface area contributed by atoms with Gasteiger partial charge in [0.15, 0.2) is 11.6 Å². The SMILES string of the molecule is COc1cc(CNC(=O)c2cn3c(=O)n(Cc4ccc(F)c(F)c4)c(=O)c(C)c3s2)ccn1. The molecule has 0 fully saturated rings. The lowest BCUT2D eigenvalue weighted by Gasteiger charge is -2.08. The maximum Gasteiger partial charge on any atom is 0.336 e. The van der Waals surface area contributed by atoms with Crippen LogP contribution in [-0.2, 0) is 13.1 Å². The summed E-state index contributed by atoms with van der Waals surface area (Å²) in [5.74, 6) is -2.09. The molecule has 8 nitrogen and oxygen atoms in total. The number of benzene rings is 1. The van der Waals surface area contributed by atoms with Crippen LogP contribution < -0.4 is 21.3 Å². The molecule has 33 heavy (non-hydrogen) atoms. The highest BCUT2D eigenvalue weighted by Crippen LogP contribution is 2.19. The zero-order valence-electron chi connectivity index (χ0n) is 17.6. The van der Waals surface area contributed by atoms with E-state index in [9.17, 15) is 23.2 Å². The zero-order valence-corrected chi connectivity index (χ0v) is 18.4. The molecule has 170 valence electrons. The summed E-state index contributed by atoms with van der Waals surface area (Å²) in [5, 5.41) is 2.76. The van der Waals surface area contributed by atoms with E-state index in [0.717, 1.165) is 33.6 Å². The van der Waals surface area contributed by atoms with Crippen LogP contribution in [0, 0.1) is 18.6 Å². The Morgan fingerprint density at radius 3 is 2.67 bits per heavy atom. The number of hydrogen-bond acceptors (Lipinski definition) is 6. The van der Waals surface area contributed by atoms with E-state index in [4.69, 9.17) is 4.74 Å². The third-order valence-electron chi connectivity index (χ3n) is 5.01. The number of hydrogen-bond donors (Lipinski definition) is 1. The van der Waals surface area contributed by atoms with Gasteiger partial charge in [0, 0.05) is 30.6 Å². The minimum Gasteiger partial charge on any atom is -0.481 e. The molecular weight excluding hydrogens is 454 g/mol. The maximum absolute atomic E-state index is 13.5. The van der Waals surface area contributed by atoms with E-state index in [-0.39, 0.29) is 29.1 Å². The number of methoxy groups -OCH3 is 1. The van der Waals surface area contributed by atoms with E-state index in [1.54, 1.807) is 25.3 Å². The second-order valence-corrected chi connectivity index (χ2v) is 8.24. The van der Waals surface area contributed by atoms with Crippen molar-refractivity contribution in [2.75, 3.05) is 7.11 Å². The molecule has 0 aliphatic rings. The molecule has 1 N–H and O–H groups in total. The Bertz CT molecular complexity index is 1490. The van der Waals surface area contributed by atoms with Crippen molar-refractivity contribution in [2.45, 2.75) is 20.0 Å². The first-order chi connectivity index (χ1) is 15.8. The van der Waals surface area contributed by atoms with Crippen LogP contribution in [0.5, 0.6) is 5.88 Å². The summed E-state index contributed by atoms with van der Waals surface area (Å²) in [4.78, 5) is 43.0. The van der Waals surface area contributed by atoms with E-state index in [2.05, 4.69) is 10.3 Å². The largest absolute Gasteiger partial charge is 0.481 e. The summed E-state index contributed by atoms with van der Waals surface area (Å²) in [6.45, 7) is 1.52. The van der Waals surface area contributed by atoms with Crippen molar-refractivity contribution < 1.29 is 18.3 Å². The first-order valence-electron chi connectivity index (χ1n) is 9.75. The maximum atomic E-state index is 13.5. The number of aromatic nitrogens is 3. The molecule has 0 aliphatic carbocycles. The monoisotopic (exact) mass is 472 g/mol. The second kappa shape index (κ2) is 8.94. The van der Waals surface area contributed by atoms with Crippen LogP contribution in [-0.4, -0.2) is 27.0 Å². The van der Waals surface area contributed by atoms with Gasteiger partial charge in [0.1, 0.15) is 9.71 Å². The molecular formula is C22H18F2N4O4S. The lowest BCUT2D eigenvalue weighted by Crippen LogP contribution is -2.38.